The smallest absolute Gasteiger partial charge is 0.283 e. The van der Waals surface area contributed by atoms with Gasteiger partial charge >= 0.3 is 7.82 Å². The van der Waals surface area contributed by atoms with Crippen LogP contribution < -0.4 is 0 Å². The third kappa shape index (κ3) is 8.15. The molecule has 0 N–H and O–H groups in total. The Labute approximate surface area is 141 Å². The maximum absolute atomic E-state index is 12.4. The highest BCUT2D eigenvalue weighted by Crippen LogP contribution is 2.54. The molecule has 0 aromatic carbocycles. The molecule has 4 unspecified atom stereocenters. The van der Waals surface area contributed by atoms with Gasteiger partial charge in [-0.3, -0.25) is 13.6 Å². The van der Waals surface area contributed by atoms with Crippen LogP contribution in [0.1, 0.15) is 13.8 Å². The lowest BCUT2D eigenvalue weighted by Gasteiger charge is -2.24. The Morgan fingerprint density at radius 1 is 1.11 bits per heavy atom. The SMILES string of the molecule is C=CCOP(=O)(OC(Br)C(C)Br)OC(Br)C(C)Br. The van der Waals surface area contributed by atoms with Crippen molar-refractivity contribution in [1.82, 2.24) is 0 Å². The Bertz CT molecular complexity index is 280. The van der Waals surface area contributed by atoms with Gasteiger partial charge in [0.25, 0.3) is 0 Å². The van der Waals surface area contributed by atoms with Crippen LogP contribution in [0.25, 0.3) is 0 Å². The van der Waals surface area contributed by atoms with Crippen LogP contribution >= 0.6 is 71.5 Å². The number of rotatable bonds is 9. The minimum Gasteiger partial charge on any atom is -0.283 e. The first kappa shape index (κ1) is 19.8. The molecule has 0 aliphatic heterocycles. The van der Waals surface area contributed by atoms with E-state index in [1.54, 1.807) is 0 Å². The van der Waals surface area contributed by atoms with Crippen molar-refractivity contribution in [2.75, 3.05) is 6.61 Å². The molecule has 0 amide bonds. The lowest BCUT2D eigenvalue weighted by molar-refractivity contribution is 0.110. The van der Waals surface area contributed by atoms with Crippen LogP contribution in [0.2, 0.25) is 0 Å². The van der Waals surface area contributed by atoms with Gasteiger partial charge in [0.2, 0.25) is 0 Å². The Morgan fingerprint density at radius 3 is 1.78 bits per heavy atom. The third-order valence-corrected chi connectivity index (χ3v) is 7.89. The van der Waals surface area contributed by atoms with Gasteiger partial charge in [-0.15, -0.1) is 6.58 Å². The van der Waals surface area contributed by atoms with Crippen LogP contribution in [0.5, 0.6) is 0 Å². The number of hydrogen-bond donors (Lipinski definition) is 0. The summed E-state index contributed by atoms with van der Waals surface area (Å²) in [6.45, 7) is 7.25. The Hall–Kier alpha value is 1.77. The summed E-state index contributed by atoms with van der Waals surface area (Å²) in [5, 5.41) is -1.00. The van der Waals surface area contributed by atoms with Crippen LogP contribution in [0.3, 0.4) is 0 Å². The van der Waals surface area contributed by atoms with E-state index in [1.165, 1.54) is 6.08 Å². The van der Waals surface area contributed by atoms with E-state index in [-0.39, 0.29) is 16.3 Å². The molecular formula is C9H15Br4O4P. The fourth-order valence-electron chi connectivity index (χ4n) is 0.644. The molecule has 0 aromatic heterocycles. The van der Waals surface area contributed by atoms with Crippen LogP contribution in [0.4, 0.5) is 0 Å². The molecule has 0 aromatic rings. The fraction of sp³-hybridized carbons (Fsp3) is 0.778. The summed E-state index contributed by atoms with van der Waals surface area (Å²) in [6, 6.07) is 0. The average molecular weight is 538 g/mol. The van der Waals surface area contributed by atoms with E-state index in [0.29, 0.717) is 0 Å². The van der Waals surface area contributed by atoms with Crippen LogP contribution in [0.15, 0.2) is 12.7 Å². The standard InChI is InChI=1S/C9H15Br4O4P/c1-4-5-15-18(14,16-8(12)6(2)10)17-9(13)7(3)11/h4,6-9H,1,5H2,2-3H3. The monoisotopic (exact) mass is 534 g/mol. The topological polar surface area (TPSA) is 44.8 Å². The molecule has 0 saturated carbocycles. The van der Waals surface area contributed by atoms with Crippen molar-refractivity contribution in [3.63, 3.8) is 0 Å². The highest BCUT2D eigenvalue weighted by atomic mass is 79.9. The van der Waals surface area contributed by atoms with Gasteiger partial charge in [-0.05, 0) is 13.8 Å². The molecule has 4 atom stereocenters. The molecule has 9 heteroatoms. The lowest BCUT2D eigenvalue weighted by atomic mass is 10.5. The second kappa shape index (κ2) is 9.66. The van der Waals surface area contributed by atoms with Crippen molar-refractivity contribution in [2.24, 2.45) is 0 Å². The van der Waals surface area contributed by atoms with Crippen molar-refractivity contribution in [3.05, 3.63) is 12.7 Å². The van der Waals surface area contributed by atoms with E-state index in [0.717, 1.165) is 0 Å². The molecule has 0 aliphatic rings. The second-order valence-corrected chi connectivity index (χ2v) is 9.57. The maximum Gasteiger partial charge on any atom is 0.477 e. The Kier molecular flexibility index (Phi) is 10.6. The largest absolute Gasteiger partial charge is 0.477 e. The van der Waals surface area contributed by atoms with Crippen LogP contribution in [0, 0.1) is 0 Å². The minimum absolute atomic E-state index is 0.0584. The number of phosphoric acid groups is 1. The molecule has 4 nitrogen and oxygen atoms in total. The molecule has 0 saturated heterocycles. The molecule has 0 fully saturated rings. The normalized spacial score (nSPS) is 21.7. The van der Waals surface area contributed by atoms with E-state index in [2.05, 4.69) is 70.3 Å². The van der Waals surface area contributed by atoms with Crippen molar-refractivity contribution in [1.29, 1.82) is 0 Å². The van der Waals surface area contributed by atoms with Crippen molar-refractivity contribution in [2.45, 2.75) is 33.5 Å². The zero-order valence-electron chi connectivity index (χ0n) is 9.89. The number of halogens is 4. The van der Waals surface area contributed by atoms with Crippen molar-refractivity contribution < 1.29 is 18.1 Å². The summed E-state index contributed by atoms with van der Waals surface area (Å²) in [6.07, 6.45) is 1.47. The molecule has 18 heavy (non-hydrogen) atoms. The van der Waals surface area contributed by atoms with Crippen LogP contribution in [-0.2, 0) is 18.1 Å². The molecule has 0 aliphatic carbocycles. The van der Waals surface area contributed by atoms with Crippen LogP contribution in [-0.4, -0.2) is 26.3 Å². The highest BCUT2D eigenvalue weighted by molar-refractivity contribution is 9.12. The summed E-state index contributed by atoms with van der Waals surface area (Å²) in [5.74, 6) is 0. The highest BCUT2D eigenvalue weighted by Gasteiger charge is 2.35. The average Bonchev–Trinajstić information content (AvgIpc) is 2.25. The summed E-state index contributed by atoms with van der Waals surface area (Å²) < 4.78 is 28.1. The van der Waals surface area contributed by atoms with Gasteiger partial charge in [-0.2, -0.15) is 0 Å². The number of alkyl halides is 4. The van der Waals surface area contributed by atoms with E-state index in [4.69, 9.17) is 13.6 Å². The molecule has 0 rings (SSSR count). The first-order valence-electron chi connectivity index (χ1n) is 5.00. The predicted molar refractivity (Wildman–Crippen MR) is 88.1 cm³/mol. The second-order valence-electron chi connectivity index (χ2n) is 3.30. The van der Waals surface area contributed by atoms with E-state index < -0.39 is 17.8 Å². The van der Waals surface area contributed by atoms with Gasteiger partial charge in [0.05, 0.1) is 6.61 Å². The van der Waals surface area contributed by atoms with E-state index in [1.807, 2.05) is 13.8 Å². The van der Waals surface area contributed by atoms with Gasteiger partial charge in [-0.1, -0.05) is 69.8 Å². The Morgan fingerprint density at radius 2 is 1.50 bits per heavy atom. The summed E-state index contributed by atoms with van der Waals surface area (Å²) in [4.78, 5) is -0.117. The quantitative estimate of drug-likeness (QED) is 0.226. The molecule has 108 valence electrons. The van der Waals surface area contributed by atoms with Gasteiger partial charge in [-0.25, -0.2) is 4.57 Å². The zero-order chi connectivity index (χ0) is 14.3. The maximum atomic E-state index is 12.4. The Balaban J connectivity index is 4.71. The van der Waals surface area contributed by atoms with E-state index in [9.17, 15) is 4.57 Å². The van der Waals surface area contributed by atoms with Gasteiger partial charge < -0.3 is 0 Å². The minimum atomic E-state index is -3.68. The summed E-state index contributed by atoms with van der Waals surface area (Å²) in [5.41, 5.74) is 0. The number of phosphoric ester groups is 1. The van der Waals surface area contributed by atoms with Gasteiger partial charge in [0, 0.05) is 9.65 Å². The predicted octanol–water partition coefficient (Wildman–Crippen LogP) is 5.34. The first-order valence-corrected chi connectivity index (χ1v) is 10.1. The van der Waals surface area contributed by atoms with Crippen molar-refractivity contribution in [3.8, 4) is 0 Å². The molecule has 0 spiro atoms. The molecule has 0 bridgehead atoms. The first-order chi connectivity index (χ1) is 8.22. The molecule has 0 heterocycles. The summed E-state index contributed by atoms with van der Waals surface area (Å²) >= 11 is 13.1. The van der Waals surface area contributed by atoms with Gasteiger partial charge in [0.1, 0.15) is 10.0 Å². The molecule has 0 radical (unpaired) electrons. The number of hydrogen-bond acceptors (Lipinski definition) is 4. The third-order valence-electron chi connectivity index (χ3n) is 1.53. The zero-order valence-corrected chi connectivity index (χ0v) is 17.1. The van der Waals surface area contributed by atoms with Gasteiger partial charge in [0.15, 0.2) is 0 Å². The van der Waals surface area contributed by atoms with Crippen molar-refractivity contribution >= 4 is 71.5 Å². The van der Waals surface area contributed by atoms with E-state index >= 15 is 0 Å². The molecular weight excluding hydrogens is 523 g/mol. The summed E-state index contributed by atoms with van der Waals surface area (Å²) in [7, 11) is -3.68. The lowest BCUT2D eigenvalue weighted by Crippen LogP contribution is -2.19. The fourth-order valence-corrected chi connectivity index (χ4v) is 3.74.